The maximum Gasteiger partial charge on any atom is 0.125 e. The van der Waals surface area contributed by atoms with Crippen molar-refractivity contribution in [2.75, 3.05) is 11.9 Å². The van der Waals surface area contributed by atoms with Crippen molar-refractivity contribution in [3.8, 4) is 0 Å². The Morgan fingerprint density at radius 2 is 1.95 bits per heavy atom. The summed E-state index contributed by atoms with van der Waals surface area (Å²) >= 11 is 0. The highest BCUT2D eigenvalue weighted by atomic mass is 19.1. The number of hydrogen-bond acceptors (Lipinski definition) is 2. The Morgan fingerprint density at radius 3 is 2.63 bits per heavy atom. The minimum atomic E-state index is -0.215. The first-order chi connectivity index (χ1) is 9.15. The van der Waals surface area contributed by atoms with Gasteiger partial charge in [-0.05, 0) is 37.5 Å². The molecule has 2 nitrogen and oxygen atoms in total. The van der Waals surface area contributed by atoms with Gasteiger partial charge < -0.3 is 5.32 Å². The number of benzene rings is 1. The predicted octanol–water partition coefficient (Wildman–Crippen LogP) is 4.46. The van der Waals surface area contributed by atoms with Crippen molar-refractivity contribution in [2.24, 2.45) is 0 Å². The van der Waals surface area contributed by atoms with E-state index in [9.17, 15) is 4.39 Å². The van der Waals surface area contributed by atoms with Crippen LogP contribution >= 0.6 is 0 Å². The lowest BCUT2D eigenvalue weighted by atomic mass is 10.1. The topological polar surface area (TPSA) is 24.9 Å². The van der Waals surface area contributed by atoms with Crippen LogP contribution in [0.4, 0.5) is 10.1 Å². The van der Waals surface area contributed by atoms with Crippen molar-refractivity contribution >= 4 is 16.6 Å². The van der Waals surface area contributed by atoms with E-state index in [1.54, 1.807) is 6.07 Å². The van der Waals surface area contributed by atoms with E-state index in [-0.39, 0.29) is 5.82 Å². The maximum atomic E-state index is 13.5. The molecule has 0 aliphatic heterocycles. The molecule has 1 aromatic carbocycles. The molecule has 0 unspecified atom stereocenters. The van der Waals surface area contributed by atoms with E-state index >= 15 is 0 Å². The molecule has 0 aliphatic rings. The fourth-order valence-corrected chi connectivity index (χ4v) is 2.37. The molecular formula is C16H21FN2. The smallest absolute Gasteiger partial charge is 0.125 e. The van der Waals surface area contributed by atoms with Gasteiger partial charge in [0.15, 0.2) is 0 Å². The van der Waals surface area contributed by atoms with Gasteiger partial charge in [0.05, 0.1) is 5.52 Å². The molecule has 0 bridgehead atoms. The zero-order valence-corrected chi connectivity index (χ0v) is 11.9. The third-order valence-corrected chi connectivity index (χ3v) is 3.20. The average molecular weight is 260 g/mol. The molecule has 0 radical (unpaired) electrons. The highest BCUT2D eigenvalue weighted by molar-refractivity contribution is 5.94. The van der Waals surface area contributed by atoms with Crippen LogP contribution in [0.3, 0.4) is 0 Å². The van der Waals surface area contributed by atoms with E-state index in [0.29, 0.717) is 0 Å². The first-order valence-electron chi connectivity index (χ1n) is 6.99. The number of aromatic nitrogens is 1. The molecule has 1 heterocycles. The van der Waals surface area contributed by atoms with Crippen molar-refractivity contribution in [3.05, 3.63) is 35.3 Å². The molecule has 3 heteroatoms. The molecule has 19 heavy (non-hydrogen) atoms. The lowest BCUT2D eigenvalue weighted by molar-refractivity contribution is 0.628. The zero-order valence-electron chi connectivity index (χ0n) is 11.9. The molecule has 0 amide bonds. The molecule has 2 rings (SSSR count). The quantitative estimate of drug-likeness (QED) is 0.858. The molecule has 0 saturated heterocycles. The number of rotatable bonds is 5. The van der Waals surface area contributed by atoms with Crippen molar-refractivity contribution in [1.82, 2.24) is 4.98 Å². The number of hydrogen-bond donors (Lipinski definition) is 1. The van der Waals surface area contributed by atoms with E-state index in [4.69, 9.17) is 0 Å². The van der Waals surface area contributed by atoms with Gasteiger partial charge in [0.1, 0.15) is 5.82 Å². The molecule has 0 saturated carbocycles. The number of fused-ring (bicyclic) bond motifs is 1. The van der Waals surface area contributed by atoms with Crippen LogP contribution in [0.1, 0.15) is 37.9 Å². The Balaban J connectivity index is 2.60. The van der Waals surface area contributed by atoms with Crippen LogP contribution in [0.25, 0.3) is 10.9 Å². The number of nitrogens with zero attached hydrogens (tertiary/aromatic N) is 1. The minimum Gasteiger partial charge on any atom is -0.384 e. The summed E-state index contributed by atoms with van der Waals surface area (Å²) in [4.78, 5) is 4.58. The van der Waals surface area contributed by atoms with E-state index in [1.165, 1.54) is 6.07 Å². The lowest BCUT2D eigenvalue weighted by Crippen LogP contribution is -2.04. The standard InChI is InChI=1S/C16H21FN2/c1-4-6-13-10-14(18-7-5-2)16-11(3)8-12(17)9-15(16)19-13/h8-10H,4-7H2,1-3H3,(H,18,19). The van der Waals surface area contributed by atoms with Crippen LogP contribution in [0, 0.1) is 12.7 Å². The fourth-order valence-electron chi connectivity index (χ4n) is 2.37. The first kappa shape index (κ1) is 13.8. The van der Waals surface area contributed by atoms with Crippen LogP contribution in [0.15, 0.2) is 18.2 Å². The van der Waals surface area contributed by atoms with Crippen molar-refractivity contribution in [2.45, 2.75) is 40.0 Å². The summed E-state index contributed by atoms with van der Waals surface area (Å²) in [6.07, 6.45) is 3.03. The third-order valence-electron chi connectivity index (χ3n) is 3.20. The molecule has 1 N–H and O–H groups in total. The van der Waals surface area contributed by atoms with Gasteiger partial charge in [0.25, 0.3) is 0 Å². The van der Waals surface area contributed by atoms with E-state index < -0.39 is 0 Å². The molecular weight excluding hydrogens is 239 g/mol. The van der Waals surface area contributed by atoms with Crippen molar-refractivity contribution in [1.29, 1.82) is 0 Å². The van der Waals surface area contributed by atoms with Gasteiger partial charge in [0.2, 0.25) is 0 Å². The minimum absolute atomic E-state index is 0.215. The summed E-state index contributed by atoms with van der Waals surface area (Å²) in [7, 11) is 0. The van der Waals surface area contributed by atoms with Crippen molar-refractivity contribution < 1.29 is 4.39 Å². The van der Waals surface area contributed by atoms with Gasteiger partial charge in [-0.2, -0.15) is 0 Å². The van der Waals surface area contributed by atoms with Gasteiger partial charge in [0, 0.05) is 29.4 Å². The molecule has 2 aromatic rings. The molecule has 1 aromatic heterocycles. The second-order valence-corrected chi connectivity index (χ2v) is 4.95. The number of nitrogens with one attached hydrogen (secondary N) is 1. The Bertz CT molecular complexity index is 578. The number of halogens is 1. The Morgan fingerprint density at radius 1 is 1.16 bits per heavy atom. The van der Waals surface area contributed by atoms with Crippen LogP contribution in [-0.4, -0.2) is 11.5 Å². The van der Waals surface area contributed by atoms with Gasteiger partial charge in [-0.1, -0.05) is 20.3 Å². The van der Waals surface area contributed by atoms with Crippen LogP contribution in [0.2, 0.25) is 0 Å². The molecule has 0 fully saturated rings. The second kappa shape index (κ2) is 6.00. The highest BCUT2D eigenvalue weighted by Crippen LogP contribution is 2.28. The normalized spacial score (nSPS) is 10.9. The summed E-state index contributed by atoms with van der Waals surface area (Å²) in [6.45, 7) is 7.11. The third kappa shape index (κ3) is 3.03. The number of anilines is 1. The van der Waals surface area contributed by atoms with Crippen LogP contribution in [0.5, 0.6) is 0 Å². The Labute approximate surface area is 114 Å². The SMILES string of the molecule is CCCNc1cc(CCC)nc2cc(F)cc(C)c12. The van der Waals surface area contributed by atoms with Gasteiger partial charge in [-0.3, -0.25) is 4.98 Å². The van der Waals surface area contributed by atoms with Crippen molar-refractivity contribution in [3.63, 3.8) is 0 Å². The maximum absolute atomic E-state index is 13.5. The number of pyridine rings is 1. The van der Waals surface area contributed by atoms with E-state index in [0.717, 1.165) is 53.7 Å². The number of aryl methyl sites for hydroxylation is 2. The van der Waals surface area contributed by atoms with Gasteiger partial charge in [-0.15, -0.1) is 0 Å². The summed E-state index contributed by atoms with van der Waals surface area (Å²) in [5.74, 6) is -0.215. The van der Waals surface area contributed by atoms with E-state index in [2.05, 4.69) is 30.2 Å². The Hall–Kier alpha value is -1.64. The fraction of sp³-hybridized carbons (Fsp3) is 0.438. The average Bonchev–Trinajstić information content (AvgIpc) is 2.35. The zero-order chi connectivity index (χ0) is 13.8. The lowest BCUT2D eigenvalue weighted by Gasteiger charge is -2.13. The second-order valence-electron chi connectivity index (χ2n) is 4.95. The predicted molar refractivity (Wildman–Crippen MR) is 79.2 cm³/mol. The summed E-state index contributed by atoms with van der Waals surface area (Å²) in [5, 5.41) is 4.47. The highest BCUT2D eigenvalue weighted by Gasteiger charge is 2.09. The molecule has 102 valence electrons. The molecule has 0 spiro atoms. The molecule has 0 aliphatic carbocycles. The monoisotopic (exact) mass is 260 g/mol. The van der Waals surface area contributed by atoms with Crippen LogP contribution in [-0.2, 0) is 6.42 Å². The molecule has 0 atom stereocenters. The largest absolute Gasteiger partial charge is 0.384 e. The summed E-state index contributed by atoms with van der Waals surface area (Å²) in [6, 6.07) is 5.20. The van der Waals surface area contributed by atoms with Crippen LogP contribution < -0.4 is 5.32 Å². The Kier molecular flexibility index (Phi) is 4.35. The van der Waals surface area contributed by atoms with Gasteiger partial charge >= 0.3 is 0 Å². The first-order valence-corrected chi connectivity index (χ1v) is 6.99. The summed E-state index contributed by atoms with van der Waals surface area (Å²) in [5.41, 5.74) is 3.79. The summed E-state index contributed by atoms with van der Waals surface area (Å²) < 4.78 is 13.5. The van der Waals surface area contributed by atoms with Gasteiger partial charge in [-0.25, -0.2) is 4.39 Å². The van der Waals surface area contributed by atoms with E-state index in [1.807, 2.05) is 6.92 Å².